The molecule has 3 atom stereocenters. The summed E-state index contributed by atoms with van der Waals surface area (Å²) in [5.41, 5.74) is 3.99. The fourth-order valence-electron chi connectivity index (χ4n) is 5.75. The van der Waals surface area contributed by atoms with Crippen molar-refractivity contribution >= 4 is 16.8 Å². The standard InChI is InChI=1S/C23H33N3O2/c1-4-23(16(2)22(27)24-12-15-28-3)11-7-13-26-14-10-18-17-8-5-6-9-19(17)25-20(18)21(23)26/h5-6,8-9,16,21,25H,4,7,10-15H2,1-3H3,(H,24,27)/t16?,21-,23+/m1/s1. The van der Waals surface area contributed by atoms with E-state index in [1.54, 1.807) is 7.11 Å². The average molecular weight is 384 g/mol. The van der Waals surface area contributed by atoms with Crippen molar-refractivity contribution in [3.8, 4) is 0 Å². The lowest BCUT2D eigenvalue weighted by Crippen LogP contribution is -2.54. The number of rotatable bonds is 6. The Labute approximate surface area is 167 Å². The van der Waals surface area contributed by atoms with Gasteiger partial charge in [0.2, 0.25) is 5.91 Å². The van der Waals surface area contributed by atoms with Gasteiger partial charge in [-0.05, 0) is 43.9 Å². The molecule has 1 aromatic heterocycles. The van der Waals surface area contributed by atoms with Crippen molar-refractivity contribution in [1.29, 1.82) is 0 Å². The molecular formula is C23H33N3O2. The quantitative estimate of drug-likeness (QED) is 0.749. The van der Waals surface area contributed by atoms with Crippen LogP contribution in [-0.2, 0) is 16.0 Å². The lowest BCUT2D eigenvalue weighted by molar-refractivity contribution is -0.135. The summed E-state index contributed by atoms with van der Waals surface area (Å²) in [6.45, 7) is 7.73. The number of amides is 1. The summed E-state index contributed by atoms with van der Waals surface area (Å²) in [5, 5.41) is 4.44. The first kappa shape index (κ1) is 19.5. The van der Waals surface area contributed by atoms with Gasteiger partial charge in [-0.2, -0.15) is 0 Å². The number of H-pyrrole nitrogens is 1. The molecule has 5 nitrogen and oxygen atoms in total. The number of aromatic amines is 1. The van der Waals surface area contributed by atoms with Gasteiger partial charge >= 0.3 is 0 Å². The van der Waals surface area contributed by atoms with Crippen LogP contribution in [0.5, 0.6) is 0 Å². The first-order valence-corrected chi connectivity index (χ1v) is 10.7. The lowest BCUT2D eigenvalue weighted by atomic mass is 9.61. The van der Waals surface area contributed by atoms with E-state index in [-0.39, 0.29) is 23.3 Å². The minimum Gasteiger partial charge on any atom is -0.383 e. The van der Waals surface area contributed by atoms with Gasteiger partial charge in [0.1, 0.15) is 0 Å². The molecule has 1 unspecified atom stereocenters. The maximum atomic E-state index is 13.0. The zero-order valence-electron chi connectivity index (χ0n) is 17.4. The molecule has 2 aliphatic heterocycles. The Bertz CT molecular complexity index is 845. The van der Waals surface area contributed by atoms with Crippen molar-refractivity contribution in [3.63, 3.8) is 0 Å². The largest absolute Gasteiger partial charge is 0.383 e. The Morgan fingerprint density at radius 3 is 3.00 bits per heavy atom. The summed E-state index contributed by atoms with van der Waals surface area (Å²) in [4.78, 5) is 19.4. The minimum absolute atomic E-state index is 0.0421. The van der Waals surface area contributed by atoms with E-state index in [4.69, 9.17) is 4.74 Å². The van der Waals surface area contributed by atoms with E-state index in [2.05, 4.69) is 53.3 Å². The van der Waals surface area contributed by atoms with Gasteiger partial charge in [-0.15, -0.1) is 0 Å². The van der Waals surface area contributed by atoms with E-state index in [9.17, 15) is 4.79 Å². The summed E-state index contributed by atoms with van der Waals surface area (Å²) in [6, 6.07) is 8.92. The van der Waals surface area contributed by atoms with Crippen LogP contribution in [0.15, 0.2) is 24.3 Å². The second-order valence-electron chi connectivity index (χ2n) is 8.45. The SMILES string of the molecule is CC[C@@]1(C(C)C(=O)NCCOC)CCCN2CCc3c([nH]c4ccccc34)[C@@H]21. The van der Waals surface area contributed by atoms with Crippen LogP contribution < -0.4 is 5.32 Å². The van der Waals surface area contributed by atoms with E-state index >= 15 is 0 Å². The summed E-state index contributed by atoms with van der Waals surface area (Å²) >= 11 is 0. The average Bonchev–Trinajstić information content (AvgIpc) is 3.11. The number of nitrogens with one attached hydrogen (secondary N) is 2. The first-order chi connectivity index (χ1) is 13.6. The first-order valence-electron chi connectivity index (χ1n) is 10.7. The third-order valence-corrected chi connectivity index (χ3v) is 7.29. The molecule has 28 heavy (non-hydrogen) atoms. The van der Waals surface area contributed by atoms with Crippen LogP contribution in [0.2, 0.25) is 0 Å². The fourth-order valence-corrected chi connectivity index (χ4v) is 5.75. The van der Waals surface area contributed by atoms with Gasteiger partial charge in [-0.3, -0.25) is 9.69 Å². The smallest absolute Gasteiger partial charge is 0.223 e. The predicted octanol–water partition coefficient (Wildman–Crippen LogP) is 3.66. The van der Waals surface area contributed by atoms with Crippen molar-refractivity contribution in [2.75, 3.05) is 33.4 Å². The predicted molar refractivity (Wildman–Crippen MR) is 112 cm³/mol. The maximum absolute atomic E-state index is 13.0. The zero-order chi connectivity index (χ0) is 19.7. The molecule has 2 N–H and O–H groups in total. The molecule has 2 aromatic rings. The monoisotopic (exact) mass is 383 g/mol. The second-order valence-corrected chi connectivity index (χ2v) is 8.45. The summed E-state index contributed by atoms with van der Waals surface area (Å²) in [5.74, 6) is 0.114. The highest BCUT2D eigenvalue weighted by Gasteiger charge is 2.52. The van der Waals surface area contributed by atoms with Crippen molar-refractivity contribution in [1.82, 2.24) is 15.2 Å². The van der Waals surface area contributed by atoms with Crippen LogP contribution in [0, 0.1) is 11.3 Å². The number of para-hydroxylation sites is 1. The number of carbonyl (C=O) groups excluding carboxylic acids is 1. The second kappa shape index (κ2) is 7.88. The van der Waals surface area contributed by atoms with Crippen LogP contribution in [0.3, 0.4) is 0 Å². The molecule has 5 heteroatoms. The highest BCUT2D eigenvalue weighted by atomic mass is 16.5. The molecule has 0 saturated carbocycles. The number of fused-ring (bicyclic) bond motifs is 5. The molecule has 1 amide bonds. The molecule has 0 radical (unpaired) electrons. The summed E-state index contributed by atoms with van der Waals surface area (Å²) in [6.07, 6.45) is 4.35. The third kappa shape index (κ3) is 3.05. The molecule has 0 aliphatic carbocycles. The van der Waals surface area contributed by atoms with Crippen LogP contribution in [0.25, 0.3) is 10.9 Å². The number of carbonyl (C=O) groups is 1. The van der Waals surface area contributed by atoms with Crippen LogP contribution >= 0.6 is 0 Å². The molecule has 3 heterocycles. The number of piperidine rings is 1. The third-order valence-electron chi connectivity index (χ3n) is 7.29. The number of hydrogen-bond acceptors (Lipinski definition) is 3. The van der Waals surface area contributed by atoms with Gasteiger partial charge in [0.05, 0.1) is 12.6 Å². The van der Waals surface area contributed by atoms with Gasteiger partial charge in [0, 0.05) is 48.1 Å². The normalized spacial score (nSPS) is 25.9. The highest BCUT2D eigenvalue weighted by molar-refractivity contribution is 5.85. The number of benzene rings is 1. The molecule has 1 aromatic carbocycles. The Kier molecular flexibility index (Phi) is 5.48. The van der Waals surface area contributed by atoms with Crippen LogP contribution in [-0.4, -0.2) is 49.1 Å². The van der Waals surface area contributed by atoms with E-state index in [0.29, 0.717) is 13.2 Å². The molecule has 0 bridgehead atoms. The zero-order valence-corrected chi connectivity index (χ0v) is 17.4. The molecule has 4 rings (SSSR count). The van der Waals surface area contributed by atoms with Crippen molar-refractivity contribution in [2.45, 2.75) is 45.6 Å². The highest BCUT2D eigenvalue weighted by Crippen LogP contribution is 2.55. The lowest BCUT2D eigenvalue weighted by Gasteiger charge is -2.54. The molecular weight excluding hydrogens is 350 g/mol. The summed E-state index contributed by atoms with van der Waals surface area (Å²) < 4.78 is 5.11. The molecule has 0 spiro atoms. The van der Waals surface area contributed by atoms with Crippen molar-refractivity contribution < 1.29 is 9.53 Å². The van der Waals surface area contributed by atoms with Crippen molar-refractivity contribution in [3.05, 3.63) is 35.5 Å². The Morgan fingerprint density at radius 2 is 2.21 bits per heavy atom. The molecule has 2 aliphatic rings. The van der Waals surface area contributed by atoms with E-state index in [0.717, 1.165) is 38.8 Å². The number of aromatic nitrogens is 1. The number of hydrogen-bond donors (Lipinski definition) is 2. The van der Waals surface area contributed by atoms with E-state index in [1.807, 2.05) is 0 Å². The maximum Gasteiger partial charge on any atom is 0.223 e. The van der Waals surface area contributed by atoms with Gasteiger partial charge in [-0.25, -0.2) is 0 Å². The molecule has 1 saturated heterocycles. The number of ether oxygens (including phenoxy) is 1. The summed E-state index contributed by atoms with van der Waals surface area (Å²) in [7, 11) is 1.67. The van der Waals surface area contributed by atoms with Gasteiger partial charge < -0.3 is 15.0 Å². The van der Waals surface area contributed by atoms with Gasteiger partial charge in [0.25, 0.3) is 0 Å². The van der Waals surface area contributed by atoms with Crippen LogP contribution in [0.4, 0.5) is 0 Å². The van der Waals surface area contributed by atoms with Crippen molar-refractivity contribution in [2.24, 2.45) is 11.3 Å². The van der Waals surface area contributed by atoms with E-state index < -0.39 is 0 Å². The Hall–Kier alpha value is -1.85. The Balaban J connectivity index is 1.73. The van der Waals surface area contributed by atoms with Crippen LogP contribution in [0.1, 0.15) is 50.4 Å². The van der Waals surface area contributed by atoms with Gasteiger partial charge in [-0.1, -0.05) is 32.0 Å². The number of nitrogens with zero attached hydrogens (tertiary/aromatic N) is 1. The Morgan fingerprint density at radius 1 is 1.39 bits per heavy atom. The van der Waals surface area contributed by atoms with Gasteiger partial charge in [0.15, 0.2) is 0 Å². The number of methoxy groups -OCH3 is 1. The fraction of sp³-hybridized carbons (Fsp3) is 0.609. The molecule has 1 fully saturated rings. The minimum atomic E-state index is -0.0501. The molecule has 152 valence electrons. The van der Waals surface area contributed by atoms with E-state index in [1.165, 1.54) is 22.2 Å². The topological polar surface area (TPSA) is 57.4 Å².